The van der Waals surface area contributed by atoms with Gasteiger partial charge < -0.3 is 10.5 Å². The van der Waals surface area contributed by atoms with E-state index >= 15 is 0 Å². The van der Waals surface area contributed by atoms with Gasteiger partial charge >= 0.3 is 6.03 Å². The van der Waals surface area contributed by atoms with Crippen molar-refractivity contribution in [2.75, 3.05) is 0 Å². The Bertz CT molecular complexity index is 705. The maximum absolute atomic E-state index is 13.4. The molecule has 0 fully saturated rings. The Balaban J connectivity index is 2.02. The first-order valence-corrected chi connectivity index (χ1v) is 6.30. The second kappa shape index (κ2) is 7.16. The average molecular weight is 305 g/mol. The summed E-state index contributed by atoms with van der Waals surface area (Å²) in [4.78, 5) is 10.5. The molecule has 114 valence electrons. The second-order valence-corrected chi connectivity index (χ2v) is 4.34. The second-order valence-electron chi connectivity index (χ2n) is 4.34. The number of carbonyl (C=O) groups is 1. The van der Waals surface area contributed by atoms with E-state index in [4.69, 9.17) is 10.5 Å². The maximum atomic E-state index is 13.4. The number of nitrogens with zero attached hydrogens (tertiary/aromatic N) is 1. The van der Waals surface area contributed by atoms with Gasteiger partial charge in [0.15, 0.2) is 11.6 Å². The van der Waals surface area contributed by atoms with Crippen molar-refractivity contribution in [2.24, 2.45) is 10.8 Å². The third-order valence-corrected chi connectivity index (χ3v) is 2.63. The molecule has 0 spiro atoms. The Hall–Kier alpha value is -2.96. The monoisotopic (exact) mass is 305 g/mol. The lowest BCUT2D eigenvalue weighted by Crippen LogP contribution is -2.24. The Kier molecular flexibility index (Phi) is 5.02. The molecule has 0 unspecified atom stereocenters. The number of hydrogen-bond donors (Lipinski definition) is 2. The lowest BCUT2D eigenvalue weighted by molar-refractivity contribution is 0.249. The minimum absolute atomic E-state index is 0.0608. The van der Waals surface area contributed by atoms with Gasteiger partial charge in [0.05, 0.1) is 6.21 Å². The van der Waals surface area contributed by atoms with Crippen LogP contribution < -0.4 is 15.9 Å². The summed E-state index contributed by atoms with van der Waals surface area (Å²) in [6.07, 6.45) is 1.40. The first-order valence-electron chi connectivity index (χ1n) is 6.30. The number of rotatable bonds is 5. The molecule has 0 heterocycles. The average Bonchev–Trinajstić information content (AvgIpc) is 2.48. The number of benzene rings is 2. The predicted molar refractivity (Wildman–Crippen MR) is 77.4 cm³/mol. The van der Waals surface area contributed by atoms with Crippen molar-refractivity contribution < 1.29 is 18.3 Å². The molecule has 0 aliphatic heterocycles. The summed E-state index contributed by atoms with van der Waals surface area (Å²) in [5, 5.41) is 3.63. The highest BCUT2D eigenvalue weighted by molar-refractivity contribution is 5.81. The smallest absolute Gasteiger partial charge is 0.332 e. The van der Waals surface area contributed by atoms with E-state index in [2.05, 4.69) is 10.5 Å². The normalized spacial score (nSPS) is 10.6. The summed E-state index contributed by atoms with van der Waals surface area (Å²) >= 11 is 0. The zero-order chi connectivity index (χ0) is 15.9. The van der Waals surface area contributed by atoms with Crippen LogP contribution in [0.2, 0.25) is 0 Å². The number of halogens is 2. The third-order valence-electron chi connectivity index (χ3n) is 2.63. The van der Waals surface area contributed by atoms with Crippen LogP contribution in [0.15, 0.2) is 47.6 Å². The molecule has 0 saturated carbocycles. The summed E-state index contributed by atoms with van der Waals surface area (Å²) in [6.45, 7) is 0.0608. The highest BCUT2D eigenvalue weighted by Gasteiger charge is 2.05. The minimum Gasteiger partial charge on any atom is -0.486 e. The highest BCUT2D eigenvalue weighted by atomic mass is 19.1. The largest absolute Gasteiger partial charge is 0.486 e. The molecule has 2 amide bonds. The molecule has 5 nitrogen and oxygen atoms in total. The van der Waals surface area contributed by atoms with Gasteiger partial charge in [-0.2, -0.15) is 5.10 Å². The van der Waals surface area contributed by atoms with Crippen LogP contribution >= 0.6 is 0 Å². The van der Waals surface area contributed by atoms with Gasteiger partial charge in [0, 0.05) is 6.07 Å². The van der Waals surface area contributed by atoms with Crippen molar-refractivity contribution in [1.82, 2.24) is 5.43 Å². The summed E-state index contributed by atoms with van der Waals surface area (Å²) < 4.78 is 31.7. The van der Waals surface area contributed by atoms with E-state index in [1.165, 1.54) is 6.21 Å². The molecule has 7 heteroatoms. The molecule has 22 heavy (non-hydrogen) atoms. The topological polar surface area (TPSA) is 76.7 Å². The van der Waals surface area contributed by atoms with Gasteiger partial charge in [-0.25, -0.2) is 19.0 Å². The zero-order valence-electron chi connectivity index (χ0n) is 11.4. The number of nitrogens with one attached hydrogen (secondary N) is 1. The van der Waals surface area contributed by atoms with Crippen LogP contribution in [0, 0.1) is 11.6 Å². The van der Waals surface area contributed by atoms with Crippen LogP contribution in [0.3, 0.4) is 0 Å². The summed E-state index contributed by atoms with van der Waals surface area (Å²) in [5.41, 5.74) is 8.36. The number of nitrogens with two attached hydrogens (primary N) is 1. The summed E-state index contributed by atoms with van der Waals surface area (Å²) in [7, 11) is 0. The molecular formula is C15H13F2N3O2. The summed E-state index contributed by atoms with van der Waals surface area (Å²) in [6, 6.07) is 9.22. The highest BCUT2D eigenvalue weighted by Crippen LogP contribution is 2.19. The zero-order valence-corrected chi connectivity index (χ0v) is 11.4. The SMILES string of the molecule is NC(=O)NN=Cc1cccc(COc2cc(F)ccc2F)c1. The number of hydrogen-bond acceptors (Lipinski definition) is 3. The number of amides is 2. The fourth-order valence-electron chi connectivity index (χ4n) is 1.68. The van der Waals surface area contributed by atoms with Gasteiger partial charge in [0.1, 0.15) is 12.4 Å². The van der Waals surface area contributed by atoms with Crippen molar-refractivity contribution in [3.63, 3.8) is 0 Å². The maximum Gasteiger partial charge on any atom is 0.332 e. The lowest BCUT2D eigenvalue weighted by atomic mass is 10.1. The predicted octanol–water partition coefficient (Wildman–Crippen LogP) is 2.55. The molecule has 0 radical (unpaired) electrons. The van der Waals surface area contributed by atoms with Crippen LogP contribution in [0.4, 0.5) is 13.6 Å². The number of urea groups is 1. The fraction of sp³-hybridized carbons (Fsp3) is 0.0667. The van der Waals surface area contributed by atoms with Crippen LogP contribution in [-0.4, -0.2) is 12.2 Å². The van der Waals surface area contributed by atoms with Gasteiger partial charge in [-0.05, 0) is 29.3 Å². The van der Waals surface area contributed by atoms with E-state index in [9.17, 15) is 13.6 Å². The van der Waals surface area contributed by atoms with Gasteiger partial charge in [0.2, 0.25) is 0 Å². The van der Waals surface area contributed by atoms with Crippen molar-refractivity contribution in [2.45, 2.75) is 6.61 Å². The van der Waals surface area contributed by atoms with Crippen molar-refractivity contribution in [1.29, 1.82) is 0 Å². The Labute approximate surface area is 125 Å². The third kappa shape index (κ3) is 4.55. The number of carbonyl (C=O) groups excluding carboxylic acids is 1. The summed E-state index contributed by atoms with van der Waals surface area (Å²) in [5.74, 6) is -1.37. The molecule has 0 aliphatic carbocycles. The molecule has 2 aromatic carbocycles. The molecular weight excluding hydrogens is 292 g/mol. The first kappa shape index (κ1) is 15.4. The van der Waals surface area contributed by atoms with Gasteiger partial charge in [-0.15, -0.1) is 0 Å². The number of hydrazone groups is 1. The van der Waals surface area contributed by atoms with E-state index in [-0.39, 0.29) is 12.4 Å². The van der Waals surface area contributed by atoms with Gasteiger partial charge in [0.25, 0.3) is 0 Å². The van der Waals surface area contributed by atoms with E-state index < -0.39 is 17.7 Å². The van der Waals surface area contributed by atoms with Crippen molar-refractivity contribution >= 4 is 12.2 Å². The Morgan fingerprint density at radius 1 is 1.27 bits per heavy atom. The molecule has 3 N–H and O–H groups in total. The van der Waals surface area contributed by atoms with Crippen LogP contribution in [-0.2, 0) is 6.61 Å². The fourth-order valence-corrected chi connectivity index (χ4v) is 1.68. The van der Waals surface area contributed by atoms with Crippen LogP contribution in [0.5, 0.6) is 5.75 Å². The molecule has 0 atom stereocenters. The van der Waals surface area contributed by atoms with E-state index in [0.717, 1.165) is 23.8 Å². The molecule has 2 aromatic rings. The molecule has 2 rings (SSSR count). The lowest BCUT2D eigenvalue weighted by Gasteiger charge is -2.08. The van der Waals surface area contributed by atoms with Crippen LogP contribution in [0.25, 0.3) is 0 Å². The van der Waals surface area contributed by atoms with E-state index in [0.29, 0.717) is 5.56 Å². The van der Waals surface area contributed by atoms with Gasteiger partial charge in [-0.1, -0.05) is 18.2 Å². The molecule has 0 bridgehead atoms. The van der Waals surface area contributed by atoms with E-state index in [1.807, 2.05) is 0 Å². The van der Waals surface area contributed by atoms with Crippen LogP contribution in [0.1, 0.15) is 11.1 Å². The minimum atomic E-state index is -0.766. The Morgan fingerprint density at radius 3 is 2.86 bits per heavy atom. The quantitative estimate of drug-likeness (QED) is 0.658. The first-order chi connectivity index (χ1) is 10.5. The van der Waals surface area contributed by atoms with Crippen molar-refractivity contribution in [3.8, 4) is 5.75 Å². The van der Waals surface area contributed by atoms with E-state index in [1.54, 1.807) is 24.3 Å². The van der Waals surface area contributed by atoms with Gasteiger partial charge in [-0.3, -0.25) is 0 Å². The standard InChI is InChI=1S/C15H13F2N3O2/c16-12-4-5-13(17)14(7-12)22-9-11-3-1-2-10(6-11)8-19-20-15(18)21/h1-8H,9H2,(H3,18,20,21). The molecule has 0 aromatic heterocycles. The Morgan fingerprint density at radius 2 is 2.09 bits per heavy atom. The number of primary amides is 1. The molecule has 0 aliphatic rings. The van der Waals surface area contributed by atoms with Crippen molar-refractivity contribution in [3.05, 3.63) is 65.2 Å². The molecule has 0 saturated heterocycles. The number of ether oxygens (including phenoxy) is 1.